The Morgan fingerprint density at radius 2 is 1.92 bits per heavy atom. The summed E-state index contributed by atoms with van der Waals surface area (Å²) in [5, 5.41) is -0.270. The molecule has 0 spiro atoms. The fraction of sp³-hybridized carbons (Fsp3) is 0.111. The van der Waals surface area contributed by atoms with Gasteiger partial charge in [-0.05, 0) is 41.6 Å². The Kier molecular flexibility index (Phi) is 5.06. The minimum Gasteiger partial charge on any atom is -0.488 e. The summed E-state index contributed by atoms with van der Waals surface area (Å²) in [6.07, 6.45) is 1.69. The van der Waals surface area contributed by atoms with Crippen LogP contribution in [0, 0.1) is 0 Å². The Bertz CT molecular complexity index is 820. The fourth-order valence-electron chi connectivity index (χ4n) is 2.19. The third-order valence-corrected chi connectivity index (χ3v) is 4.94. The van der Waals surface area contributed by atoms with Gasteiger partial charge in [-0.2, -0.15) is 0 Å². The maximum absolute atomic E-state index is 12.1. The van der Waals surface area contributed by atoms with E-state index in [0.29, 0.717) is 17.3 Å². The molecular weight excluding hydrogens is 390 g/mol. The Morgan fingerprint density at radius 3 is 2.58 bits per heavy atom. The van der Waals surface area contributed by atoms with Crippen LogP contribution in [-0.2, 0) is 11.4 Å². The molecule has 0 N–H and O–H groups in total. The van der Waals surface area contributed by atoms with Crippen LogP contribution in [0.4, 0.5) is 4.79 Å². The van der Waals surface area contributed by atoms with E-state index >= 15 is 0 Å². The molecule has 1 fully saturated rings. The molecule has 0 saturated carbocycles. The van der Waals surface area contributed by atoms with E-state index in [0.717, 1.165) is 32.3 Å². The summed E-state index contributed by atoms with van der Waals surface area (Å²) in [4.78, 5) is 25.2. The van der Waals surface area contributed by atoms with Crippen molar-refractivity contribution in [1.29, 1.82) is 0 Å². The van der Waals surface area contributed by atoms with E-state index < -0.39 is 0 Å². The molecule has 1 saturated heterocycles. The number of hydrogen-bond donors (Lipinski definition) is 0. The molecule has 0 bridgehead atoms. The SMILES string of the molecule is CN1C(=O)S/C(=C\c2cc(Br)ccc2OCc2ccccc2)C1=O. The standard InChI is InChI=1S/C18H14BrNO3S/c1-20-17(21)16(24-18(20)22)10-13-9-14(19)7-8-15(13)23-11-12-5-3-2-4-6-12/h2-10H,11H2,1H3/b16-10-. The van der Waals surface area contributed by atoms with E-state index in [1.807, 2.05) is 48.5 Å². The summed E-state index contributed by atoms with van der Waals surface area (Å²) in [5.74, 6) is 0.365. The van der Waals surface area contributed by atoms with Gasteiger partial charge in [0, 0.05) is 17.1 Å². The van der Waals surface area contributed by atoms with Crippen LogP contribution in [0.5, 0.6) is 5.75 Å². The molecule has 0 aromatic heterocycles. The van der Waals surface area contributed by atoms with E-state index in [9.17, 15) is 9.59 Å². The van der Waals surface area contributed by atoms with Gasteiger partial charge < -0.3 is 4.74 Å². The van der Waals surface area contributed by atoms with Crippen LogP contribution in [0.2, 0.25) is 0 Å². The second kappa shape index (κ2) is 7.23. The molecule has 122 valence electrons. The van der Waals surface area contributed by atoms with Crippen molar-refractivity contribution in [3.8, 4) is 5.75 Å². The minimum atomic E-state index is -0.293. The predicted molar refractivity (Wildman–Crippen MR) is 98.7 cm³/mol. The maximum Gasteiger partial charge on any atom is 0.293 e. The van der Waals surface area contributed by atoms with Gasteiger partial charge in [-0.25, -0.2) is 0 Å². The number of benzene rings is 2. The van der Waals surface area contributed by atoms with E-state index in [1.54, 1.807) is 6.08 Å². The van der Waals surface area contributed by atoms with E-state index in [-0.39, 0.29) is 11.1 Å². The number of amides is 2. The summed E-state index contributed by atoms with van der Waals surface area (Å²) in [6, 6.07) is 15.4. The van der Waals surface area contributed by atoms with Crippen molar-refractivity contribution in [3.63, 3.8) is 0 Å². The van der Waals surface area contributed by atoms with Crippen LogP contribution in [-0.4, -0.2) is 23.1 Å². The molecule has 1 aliphatic rings. The first kappa shape index (κ1) is 16.8. The molecule has 4 nitrogen and oxygen atoms in total. The topological polar surface area (TPSA) is 46.6 Å². The number of halogens is 1. The van der Waals surface area contributed by atoms with E-state index in [4.69, 9.17) is 4.74 Å². The largest absolute Gasteiger partial charge is 0.488 e. The molecule has 0 radical (unpaired) electrons. The van der Waals surface area contributed by atoms with E-state index in [1.165, 1.54) is 7.05 Å². The van der Waals surface area contributed by atoms with Gasteiger partial charge in [-0.1, -0.05) is 46.3 Å². The lowest BCUT2D eigenvalue weighted by molar-refractivity contribution is -0.121. The van der Waals surface area contributed by atoms with Crippen molar-refractivity contribution in [2.24, 2.45) is 0 Å². The van der Waals surface area contributed by atoms with Gasteiger partial charge in [0.25, 0.3) is 11.1 Å². The number of hydrogen-bond acceptors (Lipinski definition) is 4. The highest BCUT2D eigenvalue weighted by atomic mass is 79.9. The normalized spacial score (nSPS) is 16.1. The smallest absolute Gasteiger partial charge is 0.293 e. The number of ether oxygens (including phenoxy) is 1. The first-order valence-electron chi connectivity index (χ1n) is 7.22. The van der Waals surface area contributed by atoms with Gasteiger partial charge in [0.1, 0.15) is 12.4 Å². The summed E-state index contributed by atoms with van der Waals surface area (Å²) < 4.78 is 6.76. The van der Waals surface area contributed by atoms with Gasteiger partial charge >= 0.3 is 0 Å². The zero-order valence-corrected chi connectivity index (χ0v) is 15.3. The van der Waals surface area contributed by atoms with Gasteiger partial charge in [-0.3, -0.25) is 14.5 Å². The van der Waals surface area contributed by atoms with Crippen molar-refractivity contribution in [2.45, 2.75) is 6.61 Å². The third-order valence-electron chi connectivity index (χ3n) is 3.48. The lowest BCUT2D eigenvalue weighted by Gasteiger charge is -2.10. The maximum atomic E-state index is 12.1. The number of likely N-dealkylation sites (N-methyl/N-ethyl adjacent to an activating group) is 1. The van der Waals surface area contributed by atoms with Crippen molar-refractivity contribution in [3.05, 3.63) is 69.0 Å². The molecule has 2 aromatic carbocycles. The van der Waals surface area contributed by atoms with Crippen molar-refractivity contribution in [1.82, 2.24) is 4.90 Å². The molecule has 0 atom stereocenters. The van der Waals surface area contributed by atoms with E-state index in [2.05, 4.69) is 15.9 Å². The average molecular weight is 404 g/mol. The molecule has 24 heavy (non-hydrogen) atoms. The van der Waals surface area contributed by atoms with Crippen LogP contribution in [0.3, 0.4) is 0 Å². The highest BCUT2D eigenvalue weighted by Crippen LogP contribution is 2.34. The summed E-state index contributed by atoms with van der Waals surface area (Å²) in [5.41, 5.74) is 1.81. The monoisotopic (exact) mass is 403 g/mol. The van der Waals surface area contributed by atoms with Crippen LogP contribution < -0.4 is 4.74 Å². The number of thioether (sulfide) groups is 1. The van der Waals surface area contributed by atoms with Crippen LogP contribution in [0.25, 0.3) is 6.08 Å². The van der Waals surface area contributed by atoms with Crippen LogP contribution in [0.1, 0.15) is 11.1 Å². The number of carbonyl (C=O) groups excluding carboxylic acids is 2. The van der Waals surface area contributed by atoms with Crippen LogP contribution in [0.15, 0.2) is 57.9 Å². The molecule has 6 heteroatoms. The number of rotatable bonds is 4. The zero-order chi connectivity index (χ0) is 17.1. The van der Waals surface area contributed by atoms with Crippen molar-refractivity contribution >= 4 is 44.9 Å². The predicted octanol–water partition coefficient (Wildman–Crippen LogP) is 4.69. The molecule has 0 unspecified atom stereocenters. The van der Waals surface area contributed by atoms with Gasteiger partial charge in [0.05, 0.1) is 4.91 Å². The molecule has 2 aromatic rings. The Labute approximate surface area is 152 Å². The number of carbonyl (C=O) groups is 2. The number of nitrogens with zero attached hydrogens (tertiary/aromatic N) is 1. The minimum absolute atomic E-state index is 0.270. The summed E-state index contributed by atoms with van der Waals surface area (Å²) >= 11 is 4.36. The number of imide groups is 1. The first-order valence-corrected chi connectivity index (χ1v) is 8.83. The molecule has 1 aliphatic heterocycles. The third kappa shape index (κ3) is 3.71. The van der Waals surface area contributed by atoms with Crippen LogP contribution >= 0.6 is 27.7 Å². The van der Waals surface area contributed by atoms with Gasteiger partial charge in [-0.15, -0.1) is 0 Å². The quantitative estimate of drug-likeness (QED) is 0.694. The second-order valence-corrected chi connectivity index (χ2v) is 7.11. The highest BCUT2D eigenvalue weighted by molar-refractivity contribution is 9.10. The molecule has 0 aliphatic carbocycles. The highest BCUT2D eigenvalue weighted by Gasteiger charge is 2.32. The van der Waals surface area contributed by atoms with Gasteiger partial charge in [0.2, 0.25) is 0 Å². The Morgan fingerprint density at radius 1 is 1.17 bits per heavy atom. The second-order valence-electron chi connectivity index (χ2n) is 5.20. The zero-order valence-electron chi connectivity index (χ0n) is 12.9. The summed E-state index contributed by atoms with van der Waals surface area (Å²) in [7, 11) is 1.48. The molecule has 3 rings (SSSR count). The summed E-state index contributed by atoms with van der Waals surface area (Å²) in [6.45, 7) is 0.429. The molecule has 2 amide bonds. The molecular formula is C18H14BrNO3S. The molecule has 1 heterocycles. The first-order chi connectivity index (χ1) is 11.5. The Hall–Kier alpha value is -2.05. The Balaban J connectivity index is 1.86. The van der Waals surface area contributed by atoms with Gasteiger partial charge in [0.15, 0.2) is 0 Å². The van der Waals surface area contributed by atoms with Crippen molar-refractivity contribution in [2.75, 3.05) is 7.05 Å². The average Bonchev–Trinajstić information content (AvgIpc) is 2.82. The lowest BCUT2D eigenvalue weighted by Crippen LogP contribution is -2.22. The lowest BCUT2D eigenvalue weighted by atomic mass is 10.1. The van der Waals surface area contributed by atoms with Crippen molar-refractivity contribution < 1.29 is 14.3 Å². The fourth-order valence-corrected chi connectivity index (χ4v) is 3.38.